The number of alkyl halides is 2. The van der Waals surface area contributed by atoms with Gasteiger partial charge in [-0.2, -0.15) is 4.72 Å². The van der Waals surface area contributed by atoms with Gasteiger partial charge in [-0.15, -0.1) is 0 Å². The zero-order chi connectivity index (χ0) is 17.6. The smallest absolute Gasteiger partial charge is 0.255 e. The molecule has 23 heavy (non-hydrogen) atoms. The lowest BCUT2D eigenvalue weighted by Gasteiger charge is -2.25. The Hall–Kier alpha value is -1.25. The van der Waals surface area contributed by atoms with E-state index in [0.29, 0.717) is 11.4 Å². The first kappa shape index (κ1) is 19.8. The van der Waals surface area contributed by atoms with E-state index in [4.69, 9.17) is 11.6 Å². The van der Waals surface area contributed by atoms with E-state index in [1.807, 2.05) is 0 Å². The number of benzene rings is 1. The molecular weight excluding hydrogens is 350 g/mol. The third-order valence-electron chi connectivity index (χ3n) is 2.99. The molecule has 1 N–H and O–H groups in total. The maximum atomic E-state index is 12.5. The Kier molecular flexibility index (Phi) is 7.37. The van der Waals surface area contributed by atoms with Gasteiger partial charge < -0.3 is 4.90 Å². The average molecular weight is 369 g/mol. The molecule has 0 radical (unpaired) electrons. The molecule has 0 unspecified atom stereocenters. The van der Waals surface area contributed by atoms with Crippen LogP contribution in [0, 0.1) is 0 Å². The number of carbonyl (C=O) groups excluding carboxylic acids is 1. The molecule has 0 bridgehead atoms. The third kappa shape index (κ3) is 6.04. The molecule has 1 atom stereocenters. The van der Waals surface area contributed by atoms with Crippen LogP contribution in [0.1, 0.15) is 20.3 Å². The summed E-state index contributed by atoms with van der Waals surface area (Å²) in [6, 6.07) is 4.25. The largest absolute Gasteiger partial charge is 0.336 e. The zero-order valence-electron chi connectivity index (χ0n) is 12.8. The Morgan fingerprint density at radius 1 is 1.30 bits per heavy atom. The average Bonchev–Trinajstić information content (AvgIpc) is 2.45. The van der Waals surface area contributed by atoms with Crippen molar-refractivity contribution in [1.29, 1.82) is 0 Å². The molecule has 5 nitrogen and oxygen atoms in total. The lowest BCUT2D eigenvalue weighted by molar-refractivity contribution is -0.134. The lowest BCUT2D eigenvalue weighted by Crippen LogP contribution is -2.48. The van der Waals surface area contributed by atoms with Gasteiger partial charge in [-0.25, -0.2) is 17.2 Å². The molecule has 0 fully saturated rings. The van der Waals surface area contributed by atoms with Crippen molar-refractivity contribution in [2.45, 2.75) is 37.6 Å². The fourth-order valence-corrected chi connectivity index (χ4v) is 3.29. The number of sulfonamides is 1. The lowest BCUT2D eigenvalue weighted by atomic mass is 10.3. The van der Waals surface area contributed by atoms with Crippen molar-refractivity contribution in [1.82, 2.24) is 9.62 Å². The van der Waals surface area contributed by atoms with Crippen molar-refractivity contribution in [3.63, 3.8) is 0 Å². The number of nitrogens with zero attached hydrogens (tertiary/aromatic N) is 1. The molecule has 1 aromatic carbocycles. The summed E-state index contributed by atoms with van der Waals surface area (Å²) in [6.45, 7) is 2.48. The monoisotopic (exact) mass is 368 g/mol. The molecule has 0 aromatic heterocycles. The van der Waals surface area contributed by atoms with Crippen LogP contribution in [0.4, 0.5) is 8.78 Å². The summed E-state index contributed by atoms with van der Waals surface area (Å²) in [4.78, 5) is 13.1. The van der Waals surface area contributed by atoms with Crippen molar-refractivity contribution < 1.29 is 22.0 Å². The highest BCUT2D eigenvalue weighted by atomic mass is 35.5. The highest BCUT2D eigenvalue weighted by molar-refractivity contribution is 7.89. The molecule has 0 saturated carbocycles. The predicted molar refractivity (Wildman–Crippen MR) is 84.1 cm³/mol. The summed E-state index contributed by atoms with van der Waals surface area (Å²) < 4.78 is 51.6. The zero-order valence-corrected chi connectivity index (χ0v) is 14.4. The molecule has 0 heterocycles. The van der Waals surface area contributed by atoms with Crippen LogP contribution in [-0.2, 0) is 14.8 Å². The number of rotatable bonds is 8. The van der Waals surface area contributed by atoms with Gasteiger partial charge in [0, 0.05) is 11.6 Å². The second kappa shape index (κ2) is 8.56. The Morgan fingerprint density at radius 2 is 1.87 bits per heavy atom. The highest BCUT2D eigenvalue weighted by Gasteiger charge is 2.27. The SMILES string of the molecule is CCCN(CC(F)F)C(=O)[C@H](C)NS(=O)(=O)c1ccc(Cl)cc1. The Balaban J connectivity index is 2.85. The Bertz CT molecular complexity index is 623. The van der Waals surface area contributed by atoms with Crippen molar-refractivity contribution in [2.75, 3.05) is 13.1 Å². The number of hydrogen-bond donors (Lipinski definition) is 1. The van der Waals surface area contributed by atoms with E-state index in [1.165, 1.54) is 31.2 Å². The van der Waals surface area contributed by atoms with Gasteiger partial charge in [-0.05, 0) is 37.6 Å². The predicted octanol–water partition coefficient (Wildman–Crippen LogP) is 2.51. The van der Waals surface area contributed by atoms with Gasteiger partial charge >= 0.3 is 0 Å². The topological polar surface area (TPSA) is 66.5 Å². The quantitative estimate of drug-likeness (QED) is 0.766. The first-order valence-electron chi connectivity index (χ1n) is 7.02. The van der Waals surface area contributed by atoms with E-state index in [1.54, 1.807) is 6.92 Å². The van der Waals surface area contributed by atoms with Crippen molar-refractivity contribution in [3.05, 3.63) is 29.3 Å². The van der Waals surface area contributed by atoms with Gasteiger partial charge in [-0.1, -0.05) is 18.5 Å². The summed E-state index contributed by atoms with van der Waals surface area (Å²) >= 11 is 5.70. The minimum Gasteiger partial charge on any atom is -0.336 e. The fraction of sp³-hybridized carbons (Fsp3) is 0.500. The normalized spacial score (nSPS) is 13.1. The van der Waals surface area contributed by atoms with Crippen LogP contribution < -0.4 is 4.72 Å². The van der Waals surface area contributed by atoms with Crippen molar-refractivity contribution in [2.24, 2.45) is 0 Å². The molecule has 0 spiro atoms. The van der Waals surface area contributed by atoms with E-state index < -0.39 is 34.9 Å². The van der Waals surface area contributed by atoms with Gasteiger partial charge in [0.25, 0.3) is 6.43 Å². The van der Waals surface area contributed by atoms with E-state index in [-0.39, 0.29) is 11.4 Å². The van der Waals surface area contributed by atoms with Crippen LogP contribution in [0.25, 0.3) is 0 Å². The summed E-state index contributed by atoms with van der Waals surface area (Å²) in [5.41, 5.74) is 0. The van der Waals surface area contributed by atoms with E-state index in [2.05, 4.69) is 4.72 Å². The number of hydrogen-bond acceptors (Lipinski definition) is 3. The second-order valence-electron chi connectivity index (χ2n) is 4.97. The Labute approximate surface area is 139 Å². The minimum atomic E-state index is -3.94. The van der Waals surface area contributed by atoms with Gasteiger partial charge in [0.15, 0.2) is 0 Å². The maximum Gasteiger partial charge on any atom is 0.255 e. The number of carbonyl (C=O) groups is 1. The van der Waals surface area contributed by atoms with Crippen LogP contribution in [0.15, 0.2) is 29.2 Å². The van der Waals surface area contributed by atoms with Crippen LogP contribution in [-0.4, -0.2) is 44.8 Å². The Morgan fingerprint density at radius 3 is 2.35 bits per heavy atom. The molecule has 9 heteroatoms. The summed E-state index contributed by atoms with van der Waals surface area (Å²) in [6.07, 6.45) is -2.18. The van der Waals surface area contributed by atoms with Crippen molar-refractivity contribution >= 4 is 27.5 Å². The first-order valence-corrected chi connectivity index (χ1v) is 8.88. The van der Waals surface area contributed by atoms with Gasteiger partial charge in [0.05, 0.1) is 17.5 Å². The molecule has 0 saturated heterocycles. The second-order valence-corrected chi connectivity index (χ2v) is 7.12. The van der Waals surface area contributed by atoms with Crippen LogP contribution in [0.5, 0.6) is 0 Å². The van der Waals surface area contributed by atoms with E-state index in [0.717, 1.165) is 4.90 Å². The molecule has 1 rings (SSSR count). The third-order valence-corrected chi connectivity index (χ3v) is 4.80. The van der Waals surface area contributed by atoms with Gasteiger partial charge in [-0.3, -0.25) is 4.79 Å². The standard InChI is InChI=1S/C14H19ClF2N2O3S/c1-3-8-19(9-13(16)17)14(20)10(2)18-23(21,22)12-6-4-11(15)5-7-12/h4-7,10,13,18H,3,8-9H2,1-2H3/t10-/m0/s1. The summed E-state index contributed by atoms with van der Waals surface area (Å²) in [7, 11) is -3.94. The van der Waals surface area contributed by atoms with Gasteiger partial charge in [0.2, 0.25) is 15.9 Å². The molecule has 1 amide bonds. The molecule has 130 valence electrons. The van der Waals surface area contributed by atoms with Crippen LogP contribution >= 0.6 is 11.6 Å². The molecule has 0 aliphatic heterocycles. The summed E-state index contributed by atoms with van der Waals surface area (Å²) in [5, 5.41) is 0.374. The van der Waals surface area contributed by atoms with Crippen LogP contribution in [0.2, 0.25) is 5.02 Å². The molecule has 0 aliphatic carbocycles. The van der Waals surface area contributed by atoms with Crippen LogP contribution in [0.3, 0.4) is 0 Å². The van der Waals surface area contributed by atoms with Gasteiger partial charge in [0.1, 0.15) is 0 Å². The molecule has 1 aromatic rings. The number of halogens is 3. The molecular formula is C14H19ClF2N2O3S. The van der Waals surface area contributed by atoms with E-state index in [9.17, 15) is 22.0 Å². The number of amides is 1. The van der Waals surface area contributed by atoms with E-state index >= 15 is 0 Å². The first-order chi connectivity index (χ1) is 10.7. The summed E-state index contributed by atoms with van der Waals surface area (Å²) in [5.74, 6) is -0.690. The maximum absolute atomic E-state index is 12.5. The van der Waals surface area contributed by atoms with Crippen molar-refractivity contribution in [3.8, 4) is 0 Å². The highest BCUT2D eigenvalue weighted by Crippen LogP contribution is 2.14. The number of nitrogens with one attached hydrogen (secondary N) is 1. The minimum absolute atomic E-state index is 0.0579. The molecule has 0 aliphatic rings. The fourth-order valence-electron chi connectivity index (χ4n) is 1.97.